The summed E-state index contributed by atoms with van der Waals surface area (Å²) < 4.78 is 10.1. The molecule has 2 saturated heterocycles. The molecule has 2 amide bonds. The molecule has 0 bridgehead atoms. The summed E-state index contributed by atoms with van der Waals surface area (Å²) in [7, 11) is 2.48. The minimum Gasteiger partial charge on any atom is -0.469 e. The van der Waals surface area contributed by atoms with E-state index in [9.17, 15) is 19.2 Å². The fourth-order valence-corrected chi connectivity index (χ4v) is 5.20. The SMILES string of the molecule is CCC[C@@H]1[C@@H](C(=O)OC)[C@@H](C(=O)OC)N2C(=O)[C@@H](NC(=O)c3ccccc3)[C@H](c3ccccc3)N12. The quantitative estimate of drug-likeness (QED) is 0.607. The molecule has 184 valence electrons. The molecule has 0 spiro atoms. The van der Waals surface area contributed by atoms with Crippen LogP contribution in [0.25, 0.3) is 0 Å². The molecular formula is C26H29N3O6. The molecule has 4 rings (SSSR count). The van der Waals surface area contributed by atoms with Gasteiger partial charge in [0.15, 0.2) is 6.04 Å². The first kappa shape index (κ1) is 24.4. The van der Waals surface area contributed by atoms with Gasteiger partial charge in [-0.05, 0) is 24.1 Å². The lowest BCUT2D eigenvalue weighted by Gasteiger charge is -2.32. The number of hydrogen-bond acceptors (Lipinski definition) is 7. The zero-order valence-corrected chi connectivity index (χ0v) is 19.9. The van der Waals surface area contributed by atoms with Crippen molar-refractivity contribution in [2.75, 3.05) is 14.2 Å². The second kappa shape index (κ2) is 10.3. The lowest BCUT2D eigenvalue weighted by molar-refractivity contribution is -0.161. The van der Waals surface area contributed by atoms with Gasteiger partial charge in [-0.25, -0.2) is 9.80 Å². The van der Waals surface area contributed by atoms with Gasteiger partial charge in [-0.3, -0.25) is 19.4 Å². The first-order valence-electron chi connectivity index (χ1n) is 11.6. The van der Waals surface area contributed by atoms with Crippen molar-refractivity contribution >= 4 is 23.8 Å². The maximum Gasteiger partial charge on any atom is 0.331 e. The van der Waals surface area contributed by atoms with E-state index in [0.29, 0.717) is 18.4 Å². The van der Waals surface area contributed by atoms with E-state index in [4.69, 9.17) is 9.47 Å². The van der Waals surface area contributed by atoms with Gasteiger partial charge in [-0.15, -0.1) is 0 Å². The van der Waals surface area contributed by atoms with Crippen molar-refractivity contribution in [3.05, 3.63) is 71.8 Å². The molecule has 9 nitrogen and oxygen atoms in total. The number of ether oxygens (including phenoxy) is 2. The highest BCUT2D eigenvalue weighted by atomic mass is 16.5. The van der Waals surface area contributed by atoms with Crippen LogP contribution in [-0.4, -0.2) is 66.1 Å². The van der Waals surface area contributed by atoms with E-state index in [0.717, 1.165) is 5.56 Å². The Kier molecular flexibility index (Phi) is 7.16. The summed E-state index contributed by atoms with van der Waals surface area (Å²) >= 11 is 0. The second-order valence-corrected chi connectivity index (χ2v) is 8.61. The fourth-order valence-electron chi connectivity index (χ4n) is 5.20. The number of methoxy groups -OCH3 is 2. The molecule has 35 heavy (non-hydrogen) atoms. The topological polar surface area (TPSA) is 105 Å². The number of esters is 2. The fraction of sp³-hybridized carbons (Fsp3) is 0.385. The summed E-state index contributed by atoms with van der Waals surface area (Å²) in [6.07, 6.45) is 1.23. The minimum atomic E-state index is -1.19. The Morgan fingerprint density at radius 1 is 0.914 bits per heavy atom. The van der Waals surface area contributed by atoms with Gasteiger partial charge in [0.05, 0.1) is 20.3 Å². The molecule has 2 heterocycles. The van der Waals surface area contributed by atoms with E-state index < -0.39 is 53.8 Å². The number of carbonyl (C=O) groups excluding carboxylic acids is 4. The molecule has 2 aliphatic heterocycles. The lowest BCUT2D eigenvalue weighted by Crippen LogP contribution is -2.50. The summed E-state index contributed by atoms with van der Waals surface area (Å²) in [5.74, 6) is -3.10. The van der Waals surface area contributed by atoms with E-state index in [2.05, 4.69) is 5.32 Å². The second-order valence-electron chi connectivity index (χ2n) is 8.61. The van der Waals surface area contributed by atoms with Crippen molar-refractivity contribution in [1.29, 1.82) is 0 Å². The molecule has 2 aromatic rings. The van der Waals surface area contributed by atoms with Crippen LogP contribution in [0.5, 0.6) is 0 Å². The number of fused-ring (bicyclic) bond motifs is 1. The normalized spacial score (nSPS) is 25.7. The zero-order valence-electron chi connectivity index (χ0n) is 19.9. The molecule has 2 fully saturated rings. The lowest BCUT2D eigenvalue weighted by atomic mass is 9.87. The summed E-state index contributed by atoms with van der Waals surface area (Å²) in [6, 6.07) is 14.6. The Morgan fingerprint density at radius 3 is 2.09 bits per heavy atom. The number of nitrogens with zero attached hydrogens (tertiary/aromatic N) is 2. The molecule has 9 heteroatoms. The van der Waals surface area contributed by atoms with E-state index in [1.807, 2.05) is 37.3 Å². The van der Waals surface area contributed by atoms with Crippen LogP contribution in [0.1, 0.15) is 41.7 Å². The molecule has 0 unspecified atom stereocenters. The molecule has 5 atom stereocenters. The highest BCUT2D eigenvalue weighted by Crippen LogP contribution is 2.47. The molecular weight excluding hydrogens is 450 g/mol. The Hall–Kier alpha value is -3.72. The summed E-state index contributed by atoms with van der Waals surface area (Å²) in [5.41, 5.74) is 1.19. The van der Waals surface area contributed by atoms with Crippen LogP contribution < -0.4 is 5.32 Å². The molecule has 0 aromatic heterocycles. The molecule has 2 aliphatic rings. The van der Waals surface area contributed by atoms with E-state index in [-0.39, 0.29) is 0 Å². The Bertz CT molecular complexity index is 1090. The average Bonchev–Trinajstić information content (AvgIpc) is 3.36. The summed E-state index contributed by atoms with van der Waals surface area (Å²) in [4.78, 5) is 52.8. The van der Waals surface area contributed by atoms with Crippen molar-refractivity contribution in [3.8, 4) is 0 Å². The van der Waals surface area contributed by atoms with Crippen LogP contribution in [0.3, 0.4) is 0 Å². The van der Waals surface area contributed by atoms with Crippen molar-refractivity contribution in [3.63, 3.8) is 0 Å². The maximum atomic E-state index is 13.9. The standard InChI is InChI=1S/C26H29N3O6/c1-4-11-18-19(25(32)34-2)22(26(33)35-3)29-24(31)20(27-23(30)17-14-9-6-10-15-17)21(28(18)29)16-12-7-5-8-13-16/h5-10,12-15,18-22H,4,11H2,1-3H3,(H,27,30)/t18-,19-,20+,21+,22+/m1/s1. The number of hydrazine groups is 1. The predicted octanol–water partition coefficient (Wildman–Crippen LogP) is 2.10. The number of amides is 2. The van der Waals surface area contributed by atoms with Gasteiger partial charge in [0, 0.05) is 11.6 Å². The monoisotopic (exact) mass is 479 g/mol. The van der Waals surface area contributed by atoms with Crippen molar-refractivity contribution in [2.45, 2.75) is 43.9 Å². The van der Waals surface area contributed by atoms with Crippen LogP contribution in [-0.2, 0) is 23.9 Å². The highest BCUT2D eigenvalue weighted by Gasteiger charge is 2.64. The first-order valence-corrected chi connectivity index (χ1v) is 11.6. The number of rotatable bonds is 7. The van der Waals surface area contributed by atoms with Crippen molar-refractivity contribution < 1.29 is 28.7 Å². The minimum absolute atomic E-state index is 0.404. The van der Waals surface area contributed by atoms with Crippen molar-refractivity contribution in [2.24, 2.45) is 5.92 Å². The van der Waals surface area contributed by atoms with Crippen LogP contribution >= 0.6 is 0 Å². The molecule has 0 radical (unpaired) electrons. The predicted molar refractivity (Wildman–Crippen MR) is 126 cm³/mol. The van der Waals surface area contributed by atoms with E-state index in [1.165, 1.54) is 19.2 Å². The van der Waals surface area contributed by atoms with E-state index >= 15 is 0 Å². The summed E-state index contributed by atoms with van der Waals surface area (Å²) in [5, 5.41) is 5.97. The maximum absolute atomic E-state index is 13.9. The Balaban J connectivity index is 1.82. The van der Waals surface area contributed by atoms with Gasteiger partial charge in [-0.1, -0.05) is 61.9 Å². The average molecular weight is 480 g/mol. The summed E-state index contributed by atoms with van der Waals surface area (Å²) in [6.45, 7) is 1.97. The Morgan fingerprint density at radius 2 is 1.51 bits per heavy atom. The van der Waals surface area contributed by atoms with Crippen LogP contribution in [0.2, 0.25) is 0 Å². The molecule has 1 N–H and O–H groups in total. The smallest absolute Gasteiger partial charge is 0.331 e. The van der Waals surface area contributed by atoms with Crippen LogP contribution in [0.15, 0.2) is 60.7 Å². The first-order chi connectivity index (χ1) is 16.9. The van der Waals surface area contributed by atoms with E-state index in [1.54, 1.807) is 35.3 Å². The third-order valence-electron chi connectivity index (χ3n) is 6.66. The van der Waals surface area contributed by atoms with Gasteiger partial charge in [0.25, 0.3) is 11.8 Å². The number of hydrogen-bond donors (Lipinski definition) is 1. The molecule has 0 aliphatic carbocycles. The van der Waals surface area contributed by atoms with Gasteiger partial charge in [0.2, 0.25) is 0 Å². The number of carbonyl (C=O) groups is 4. The highest BCUT2D eigenvalue weighted by molar-refractivity contribution is 6.00. The van der Waals surface area contributed by atoms with Gasteiger partial charge in [0.1, 0.15) is 12.0 Å². The molecule has 0 saturated carbocycles. The zero-order chi connectivity index (χ0) is 25.1. The van der Waals surface area contributed by atoms with Gasteiger partial charge in [-0.2, -0.15) is 0 Å². The van der Waals surface area contributed by atoms with Crippen molar-refractivity contribution in [1.82, 2.24) is 15.3 Å². The Labute approximate surface area is 203 Å². The van der Waals surface area contributed by atoms with Gasteiger partial charge >= 0.3 is 11.9 Å². The van der Waals surface area contributed by atoms with Crippen LogP contribution in [0, 0.1) is 5.92 Å². The molecule has 2 aromatic carbocycles. The third kappa shape index (κ3) is 4.27. The van der Waals surface area contributed by atoms with Crippen LogP contribution in [0.4, 0.5) is 0 Å². The number of nitrogens with one attached hydrogen (secondary N) is 1. The third-order valence-corrected chi connectivity index (χ3v) is 6.66. The van der Waals surface area contributed by atoms with Gasteiger partial charge < -0.3 is 14.8 Å². The largest absolute Gasteiger partial charge is 0.469 e. The number of benzene rings is 2.